The second-order valence-electron chi connectivity index (χ2n) is 4.64. The van der Waals surface area contributed by atoms with Crippen LogP contribution >= 0.6 is 0 Å². The van der Waals surface area contributed by atoms with Crippen LogP contribution in [0.3, 0.4) is 0 Å². The van der Waals surface area contributed by atoms with Gasteiger partial charge in [-0.15, -0.1) is 0 Å². The highest BCUT2D eigenvalue weighted by atomic mass is 16.5. The summed E-state index contributed by atoms with van der Waals surface area (Å²) in [6.45, 7) is 5.88. The Morgan fingerprint density at radius 1 is 1.16 bits per heavy atom. The minimum atomic E-state index is 0.104. The van der Waals surface area contributed by atoms with E-state index in [1.807, 2.05) is 25.1 Å². The molecule has 0 heterocycles. The highest BCUT2D eigenvalue weighted by Crippen LogP contribution is 2.26. The largest absolute Gasteiger partial charge is 0.493 e. The van der Waals surface area contributed by atoms with Gasteiger partial charge in [-0.3, -0.25) is 0 Å². The van der Waals surface area contributed by atoms with Crippen LogP contribution in [-0.4, -0.2) is 33.0 Å². The SMILES string of the molecule is CCCOc1ccc(CC(C)N)c(OCCOC)c1. The molecule has 19 heavy (non-hydrogen) atoms. The van der Waals surface area contributed by atoms with Gasteiger partial charge in [0.25, 0.3) is 0 Å². The molecule has 0 radical (unpaired) electrons. The first-order valence-electron chi connectivity index (χ1n) is 6.80. The Bertz CT molecular complexity index is 366. The van der Waals surface area contributed by atoms with Crippen LogP contribution in [0.15, 0.2) is 18.2 Å². The van der Waals surface area contributed by atoms with Gasteiger partial charge >= 0.3 is 0 Å². The molecule has 0 aliphatic rings. The standard InChI is InChI=1S/C15H25NO3/c1-4-7-18-14-6-5-13(10-12(2)16)15(11-14)19-9-8-17-3/h5-6,11-12H,4,7-10,16H2,1-3H3. The van der Waals surface area contributed by atoms with Crippen LogP contribution in [0.5, 0.6) is 11.5 Å². The van der Waals surface area contributed by atoms with Gasteiger partial charge in [0.15, 0.2) is 0 Å². The summed E-state index contributed by atoms with van der Waals surface area (Å²) in [7, 11) is 1.66. The first-order valence-corrected chi connectivity index (χ1v) is 6.80. The molecule has 1 atom stereocenters. The summed E-state index contributed by atoms with van der Waals surface area (Å²) < 4.78 is 16.4. The number of rotatable bonds is 9. The van der Waals surface area contributed by atoms with Crippen molar-refractivity contribution in [3.05, 3.63) is 23.8 Å². The maximum atomic E-state index is 5.85. The van der Waals surface area contributed by atoms with Crippen molar-refractivity contribution in [2.24, 2.45) is 5.73 Å². The zero-order chi connectivity index (χ0) is 14.1. The van der Waals surface area contributed by atoms with Gasteiger partial charge in [-0.2, -0.15) is 0 Å². The van der Waals surface area contributed by atoms with Gasteiger partial charge in [0.1, 0.15) is 18.1 Å². The molecular formula is C15H25NO3. The summed E-state index contributed by atoms with van der Waals surface area (Å²) in [5.41, 5.74) is 6.96. The quantitative estimate of drug-likeness (QED) is 0.698. The summed E-state index contributed by atoms with van der Waals surface area (Å²) in [5, 5.41) is 0. The fraction of sp³-hybridized carbons (Fsp3) is 0.600. The number of nitrogens with two attached hydrogens (primary N) is 1. The zero-order valence-corrected chi connectivity index (χ0v) is 12.1. The van der Waals surface area contributed by atoms with Crippen molar-refractivity contribution in [3.63, 3.8) is 0 Å². The maximum absolute atomic E-state index is 5.85. The Morgan fingerprint density at radius 3 is 2.58 bits per heavy atom. The third-order valence-corrected chi connectivity index (χ3v) is 2.60. The number of methoxy groups -OCH3 is 1. The Morgan fingerprint density at radius 2 is 1.95 bits per heavy atom. The lowest BCUT2D eigenvalue weighted by Gasteiger charge is -2.15. The molecule has 0 aliphatic heterocycles. The Balaban J connectivity index is 2.77. The number of hydrogen-bond acceptors (Lipinski definition) is 4. The van der Waals surface area contributed by atoms with Gasteiger partial charge in [0, 0.05) is 19.2 Å². The van der Waals surface area contributed by atoms with Crippen LogP contribution in [0.2, 0.25) is 0 Å². The Labute approximate surface area is 115 Å². The average molecular weight is 267 g/mol. The molecule has 0 saturated carbocycles. The molecule has 0 aliphatic carbocycles. The van der Waals surface area contributed by atoms with E-state index in [0.717, 1.165) is 29.9 Å². The van der Waals surface area contributed by atoms with Gasteiger partial charge in [0.2, 0.25) is 0 Å². The highest BCUT2D eigenvalue weighted by Gasteiger charge is 2.08. The third kappa shape index (κ3) is 5.94. The molecule has 0 amide bonds. The van der Waals surface area contributed by atoms with Crippen molar-refractivity contribution in [3.8, 4) is 11.5 Å². The van der Waals surface area contributed by atoms with Gasteiger partial charge in [-0.25, -0.2) is 0 Å². The molecule has 1 aromatic carbocycles. The lowest BCUT2D eigenvalue weighted by Crippen LogP contribution is -2.18. The summed E-state index contributed by atoms with van der Waals surface area (Å²) in [6.07, 6.45) is 1.78. The second-order valence-corrected chi connectivity index (χ2v) is 4.64. The van der Waals surface area contributed by atoms with E-state index in [9.17, 15) is 0 Å². The van der Waals surface area contributed by atoms with E-state index in [1.54, 1.807) is 7.11 Å². The average Bonchev–Trinajstić information content (AvgIpc) is 2.38. The smallest absolute Gasteiger partial charge is 0.126 e. The number of hydrogen-bond donors (Lipinski definition) is 1. The minimum absolute atomic E-state index is 0.104. The van der Waals surface area contributed by atoms with Crippen LogP contribution in [0.1, 0.15) is 25.8 Å². The molecule has 0 spiro atoms. The molecule has 2 N–H and O–H groups in total. The molecule has 1 rings (SSSR count). The predicted molar refractivity (Wildman–Crippen MR) is 77.0 cm³/mol. The third-order valence-electron chi connectivity index (χ3n) is 2.60. The van der Waals surface area contributed by atoms with E-state index in [2.05, 4.69) is 6.92 Å². The molecule has 0 bridgehead atoms. The van der Waals surface area contributed by atoms with E-state index >= 15 is 0 Å². The van der Waals surface area contributed by atoms with Crippen LogP contribution in [0.25, 0.3) is 0 Å². The molecule has 4 nitrogen and oxygen atoms in total. The molecule has 0 aromatic heterocycles. The van der Waals surface area contributed by atoms with E-state index in [-0.39, 0.29) is 6.04 Å². The summed E-state index contributed by atoms with van der Waals surface area (Å²) in [6, 6.07) is 6.03. The van der Waals surface area contributed by atoms with E-state index in [1.165, 1.54) is 0 Å². The molecule has 1 unspecified atom stereocenters. The van der Waals surface area contributed by atoms with E-state index in [4.69, 9.17) is 19.9 Å². The van der Waals surface area contributed by atoms with Gasteiger partial charge < -0.3 is 19.9 Å². The monoisotopic (exact) mass is 267 g/mol. The zero-order valence-electron chi connectivity index (χ0n) is 12.1. The highest BCUT2D eigenvalue weighted by molar-refractivity contribution is 5.41. The van der Waals surface area contributed by atoms with Crippen molar-refractivity contribution in [2.75, 3.05) is 26.9 Å². The van der Waals surface area contributed by atoms with Crippen LogP contribution < -0.4 is 15.2 Å². The maximum Gasteiger partial charge on any atom is 0.126 e. The topological polar surface area (TPSA) is 53.7 Å². The van der Waals surface area contributed by atoms with Crippen molar-refractivity contribution < 1.29 is 14.2 Å². The molecule has 4 heteroatoms. The van der Waals surface area contributed by atoms with Crippen molar-refractivity contribution in [1.82, 2.24) is 0 Å². The van der Waals surface area contributed by atoms with Crippen LogP contribution in [-0.2, 0) is 11.2 Å². The number of ether oxygens (including phenoxy) is 3. The summed E-state index contributed by atoms with van der Waals surface area (Å²) in [4.78, 5) is 0. The van der Waals surface area contributed by atoms with Crippen molar-refractivity contribution in [2.45, 2.75) is 32.7 Å². The van der Waals surface area contributed by atoms with Gasteiger partial charge in [-0.1, -0.05) is 13.0 Å². The lowest BCUT2D eigenvalue weighted by molar-refractivity contribution is 0.145. The first kappa shape index (κ1) is 15.8. The molecule has 1 aromatic rings. The van der Waals surface area contributed by atoms with Crippen molar-refractivity contribution >= 4 is 0 Å². The predicted octanol–water partition coefficient (Wildman–Crippen LogP) is 2.39. The summed E-state index contributed by atoms with van der Waals surface area (Å²) >= 11 is 0. The molecule has 108 valence electrons. The van der Waals surface area contributed by atoms with Gasteiger partial charge in [-0.05, 0) is 31.4 Å². The minimum Gasteiger partial charge on any atom is -0.493 e. The molecule has 0 fully saturated rings. The fourth-order valence-electron chi connectivity index (χ4n) is 1.73. The van der Waals surface area contributed by atoms with E-state index in [0.29, 0.717) is 19.8 Å². The van der Waals surface area contributed by atoms with Gasteiger partial charge in [0.05, 0.1) is 13.2 Å². The molecule has 0 saturated heterocycles. The number of benzene rings is 1. The summed E-state index contributed by atoms with van der Waals surface area (Å²) in [5.74, 6) is 1.67. The normalized spacial score (nSPS) is 12.2. The van der Waals surface area contributed by atoms with Crippen molar-refractivity contribution in [1.29, 1.82) is 0 Å². The van der Waals surface area contributed by atoms with E-state index < -0.39 is 0 Å². The van der Waals surface area contributed by atoms with Crippen LogP contribution in [0, 0.1) is 0 Å². The van der Waals surface area contributed by atoms with Crippen LogP contribution in [0.4, 0.5) is 0 Å². The second kappa shape index (κ2) is 8.77. The fourth-order valence-corrected chi connectivity index (χ4v) is 1.73. The lowest BCUT2D eigenvalue weighted by atomic mass is 10.1. The Kier molecular flexibility index (Phi) is 7.30. The first-order chi connectivity index (χ1) is 9.17. The molecular weight excluding hydrogens is 242 g/mol. The Hall–Kier alpha value is -1.26.